The van der Waals surface area contributed by atoms with Crippen LogP contribution in [0.25, 0.3) is 0 Å². The van der Waals surface area contributed by atoms with E-state index in [9.17, 15) is 0 Å². The fraction of sp³-hybridized carbons (Fsp3) is 0.200. The molecule has 106 valence electrons. The van der Waals surface area contributed by atoms with Crippen molar-refractivity contribution in [3.8, 4) is 0 Å². The second-order valence-corrected chi connectivity index (χ2v) is 7.66. The van der Waals surface area contributed by atoms with E-state index in [1.54, 1.807) is 12.1 Å². The fourth-order valence-corrected chi connectivity index (χ4v) is 3.26. The molecule has 0 N–H and O–H groups in total. The van der Waals surface area contributed by atoms with Crippen molar-refractivity contribution >= 4 is 58.0 Å². The third-order valence-electron chi connectivity index (χ3n) is 3.41. The van der Waals surface area contributed by atoms with Crippen molar-refractivity contribution < 1.29 is 0 Å². The van der Waals surface area contributed by atoms with Crippen LogP contribution in [0.4, 0.5) is 0 Å². The van der Waals surface area contributed by atoms with Gasteiger partial charge in [0, 0.05) is 0 Å². The summed E-state index contributed by atoms with van der Waals surface area (Å²) in [6.45, 7) is 1.84. The first kappa shape index (κ1) is 16.3. The molecule has 0 aliphatic rings. The minimum absolute atomic E-state index is 0.395. The molecule has 0 nitrogen and oxygen atoms in total. The summed E-state index contributed by atoms with van der Waals surface area (Å²) < 4.78 is -1.58. The van der Waals surface area contributed by atoms with Crippen LogP contribution in [0, 0.1) is 0 Å². The van der Waals surface area contributed by atoms with Crippen LogP contribution in [0.15, 0.2) is 48.5 Å². The quantitative estimate of drug-likeness (QED) is 0.519. The zero-order valence-corrected chi connectivity index (χ0v) is 14.3. The normalized spacial score (nSPS) is 14.9. The minimum Gasteiger partial charge on any atom is -0.0827 e. The number of halogens is 5. The number of hydrogen-bond donors (Lipinski definition) is 0. The molecular weight excluding hydrogens is 357 g/mol. The molecule has 0 saturated carbocycles. The lowest BCUT2D eigenvalue weighted by Crippen LogP contribution is -2.38. The van der Waals surface area contributed by atoms with Gasteiger partial charge in [-0.3, -0.25) is 0 Å². The molecule has 0 spiro atoms. The van der Waals surface area contributed by atoms with E-state index in [1.807, 2.05) is 43.3 Å². The molecule has 0 heterocycles. The summed E-state index contributed by atoms with van der Waals surface area (Å²) in [6.07, 6.45) is 0. The maximum absolute atomic E-state index is 6.33. The van der Waals surface area contributed by atoms with Gasteiger partial charge in [0.15, 0.2) is 0 Å². The van der Waals surface area contributed by atoms with Crippen molar-refractivity contribution in [2.24, 2.45) is 0 Å². The largest absolute Gasteiger partial charge is 0.203 e. The summed E-state index contributed by atoms with van der Waals surface area (Å²) in [5, 5.41) is 0.826. The first-order valence-electron chi connectivity index (χ1n) is 5.85. The van der Waals surface area contributed by atoms with Gasteiger partial charge in [0.2, 0.25) is 3.79 Å². The molecule has 0 amide bonds. The van der Waals surface area contributed by atoms with Gasteiger partial charge in [0.05, 0.1) is 15.5 Å². The third-order valence-corrected chi connectivity index (χ3v) is 5.36. The van der Waals surface area contributed by atoms with Crippen LogP contribution >= 0.6 is 58.0 Å². The van der Waals surface area contributed by atoms with E-state index in [1.165, 1.54) is 0 Å². The summed E-state index contributed by atoms with van der Waals surface area (Å²) in [4.78, 5) is 0. The highest BCUT2D eigenvalue weighted by atomic mass is 35.6. The van der Waals surface area contributed by atoms with Gasteiger partial charge in [-0.05, 0) is 24.1 Å². The highest BCUT2D eigenvalue weighted by Crippen LogP contribution is 2.53. The Balaban J connectivity index is 2.75. The van der Waals surface area contributed by atoms with Crippen molar-refractivity contribution in [1.82, 2.24) is 0 Å². The van der Waals surface area contributed by atoms with Crippen LogP contribution in [-0.2, 0) is 5.41 Å². The lowest BCUT2D eigenvalue weighted by Gasteiger charge is -2.38. The average Bonchev–Trinajstić information content (AvgIpc) is 2.41. The SMILES string of the molecule is CC(c1ccccc1)(c1cccc(Cl)c1Cl)C(Cl)(Cl)Cl. The Morgan fingerprint density at radius 2 is 1.40 bits per heavy atom. The molecule has 0 radical (unpaired) electrons. The molecule has 2 aromatic rings. The van der Waals surface area contributed by atoms with E-state index in [2.05, 4.69) is 0 Å². The zero-order valence-electron chi connectivity index (χ0n) is 10.5. The lowest BCUT2D eigenvalue weighted by atomic mass is 9.77. The monoisotopic (exact) mass is 366 g/mol. The summed E-state index contributed by atoms with van der Waals surface area (Å²) in [5.74, 6) is 0. The summed E-state index contributed by atoms with van der Waals surface area (Å²) in [7, 11) is 0. The molecule has 2 aromatic carbocycles. The molecule has 0 saturated heterocycles. The Morgan fingerprint density at radius 1 is 0.800 bits per heavy atom. The van der Waals surface area contributed by atoms with E-state index in [0.29, 0.717) is 15.6 Å². The Hall–Kier alpha value is -0.110. The van der Waals surface area contributed by atoms with E-state index < -0.39 is 9.21 Å². The van der Waals surface area contributed by atoms with E-state index in [-0.39, 0.29) is 0 Å². The standard InChI is InChI=1S/C15H11Cl5/c1-14(15(18,19)20,10-6-3-2-4-7-10)11-8-5-9-12(16)13(11)17/h2-9H,1H3. The Morgan fingerprint density at radius 3 is 1.95 bits per heavy atom. The first-order valence-corrected chi connectivity index (χ1v) is 7.74. The van der Waals surface area contributed by atoms with Crippen molar-refractivity contribution in [2.45, 2.75) is 16.1 Å². The van der Waals surface area contributed by atoms with Gasteiger partial charge in [-0.1, -0.05) is 100 Å². The predicted molar refractivity (Wildman–Crippen MR) is 89.6 cm³/mol. The van der Waals surface area contributed by atoms with Crippen molar-refractivity contribution in [3.05, 3.63) is 69.7 Å². The Kier molecular flexibility index (Phi) is 4.83. The second kappa shape index (κ2) is 5.94. The van der Waals surface area contributed by atoms with E-state index in [4.69, 9.17) is 58.0 Å². The van der Waals surface area contributed by atoms with E-state index >= 15 is 0 Å². The van der Waals surface area contributed by atoms with Crippen LogP contribution in [0.1, 0.15) is 18.1 Å². The van der Waals surface area contributed by atoms with Crippen molar-refractivity contribution in [1.29, 1.82) is 0 Å². The molecule has 0 bridgehead atoms. The number of alkyl halides is 3. The van der Waals surface area contributed by atoms with Gasteiger partial charge in [-0.15, -0.1) is 0 Å². The third kappa shape index (κ3) is 2.77. The van der Waals surface area contributed by atoms with Crippen LogP contribution in [0.3, 0.4) is 0 Å². The van der Waals surface area contributed by atoms with Crippen LogP contribution in [-0.4, -0.2) is 3.79 Å². The van der Waals surface area contributed by atoms with Gasteiger partial charge in [0.25, 0.3) is 0 Å². The molecule has 0 aliphatic heterocycles. The summed E-state index contributed by atoms with van der Waals surface area (Å²) in [5.41, 5.74) is 0.614. The highest BCUT2D eigenvalue weighted by Gasteiger charge is 2.48. The molecule has 0 aromatic heterocycles. The second-order valence-electron chi connectivity index (χ2n) is 4.59. The van der Waals surface area contributed by atoms with Gasteiger partial charge in [0.1, 0.15) is 0 Å². The number of rotatable bonds is 2. The maximum atomic E-state index is 6.33. The van der Waals surface area contributed by atoms with Crippen LogP contribution in [0.5, 0.6) is 0 Å². The minimum atomic E-state index is -1.58. The van der Waals surface area contributed by atoms with Gasteiger partial charge in [-0.25, -0.2) is 0 Å². The molecular formula is C15H11Cl5. The summed E-state index contributed by atoms with van der Waals surface area (Å²) >= 11 is 31.2. The molecule has 1 unspecified atom stereocenters. The average molecular weight is 369 g/mol. The molecule has 2 rings (SSSR count). The molecule has 0 fully saturated rings. The number of hydrogen-bond acceptors (Lipinski definition) is 0. The molecule has 20 heavy (non-hydrogen) atoms. The highest BCUT2D eigenvalue weighted by molar-refractivity contribution is 6.68. The first-order chi connectivity index (χ1) is 9.28. The lowest BCUT2D eigenvalue weighted by molar-refractivity contribution is 0.585. The fourth-order valence-electron chi connectivity index (χ4n) is 2.13. The Bertz CT molecular complexity index is 603. The van der Waals surface area contributed by atoms with Gasteiger partial charge >= 0.3 is 0 Å². The predicted octanol–water partition coefficient (Wildman–Crippen LogP) is 6.67. The number of benzene rings is 2. The molecule has 5 heteroatoms. The van der Waals surface area contributed by atoms with Crippen molar-refractivity contribution in [3.63, 3.8) is 0 Å². The van der Waals surface area contributed by atoms with Crippen LogP contribution in [0.2, 0.25) is 10.0 Å². The topological polar surface area (TPSA) is 0 Å². The van der Waals surface area contributed by atoms with Crippen LogP contribution < -0.4 is 0 Å². The van der Waals surface area contributed by atoms with Gasteiger partial charge < -0.3 is 0 Å². The molecule has 1 atom stereocenters. The smallest absolute Gasteiger partial charge is 0.0827 e. The zero-order chi connectivity index (χ0) is 15.0. The van der Waals surface area contributed by atoms with E-state index in [0.717, 1.165) is 5.56 Å². The Labute approximate surface area is 143 Å². The maximum Gasteiger partial charge on any atom is 0.203 e. The summed E-state index contributed by atoms with van der Waals surface area (Å²) in [6, 6.07) is 14.8. The molecule has 0 aliphatic carbocycles. The van der Waals surface area contributed by atoms with Crippen molar-refractivity contribution in [2.75, 3.05) is 0 Å². The van der Waals surface area contributed by atoms with Gasteiger partial charge in [-0.2, -0.15) is 0 Å².